The number of nitrogens with one attached hydrogen (secondary N) is 1. The molecule has 2 aromatic rings. The Morgan fingerprint density at radius 3 is 2.68 bits per heavy atom. The van der Waals surface area contributed by atoms with E-state index in [0.29, 0.717) is 6.42 Å². The van der Waals surface area contributed by atoms with Crippen molar-refractivity contribution in [2.75, 3.05) is 18.0 Å². The van der Waals surface area contributed by atoms with Gasteiger partial charge in [0.25, 0.3) is 0 Å². The number of carbonyl (C=O) groups is 1. The molecule has 3 nitrogen and oxygen atoms in total. The standard InChI is InChI=1S/C22H26N2O/c25-22(23-20-12-5-9-17-7-1-3-11-19(17)20)14-16-24-15-6-10-18-8-2-4-13-21(18)24/h1-4,7-8,11,13,20H,5-6,9-10,12,14-16H2,(H,23,25). The van der Waals surface area contributed by atoms with Crippen LogP contribution in [-0.4, -0.2) is 19.0 Å². The van der Waals surface area contributed by atoms with Gasteiger partial charge in [0.05, 0.1) is 6.04 Å². The van der Waals surface area contributed by atoms with Crippen LogP contribution < -0.4 is 10.2 Å². The summed E-state index contributed by atoms with van der Waals surface area (Å²) in [4.78, 5) is 14.9. The average Bonchev–Trinajstić information content (AvgIpc) is 2.66. The second kappa shape index (κ2) is 7.30. The first-order chi connectivity index (χ1) is 12.3. The van der Waals surface area contributed by atoms with Gasteiger partial charge in [0.15, 0.2) is 0 Å². The number of carbonyl (C=O) groups excluding carboxylic acids is 1. The smallest absolute Gasteiger partial charge is 0.222 e. The average molecular weight is 334 g/mol. The Labute approximate surface area is 150 Å². The molecule has 1 aliphatic heterocycles. The number of hydrogen-bond donors (Lipinski definition) is 1. The number of anilines is 1. The maximum atomic E-state index is 12.5. The Morgan fingerprint density at radius 1 is 1.00 bits per heavy atom. The molecule has 0 fully saturated rings. The molecule has 0 saturated carbocycles. The van der Waals surface area contributed by atoms with E-state index in [1.165, 1.54) is 28.8 Å². The summed E-state index contributed by atoms with van der Waals surface area (Å²) in [5, 5.41) is 3.27. The third-order valence-corrected chi connectivity index (χ3v) is 5.52. The summed E-state index contributed by atoms with van der Waals surface area (Å²) in [7, 11) is 0. The first-order valence-electron chi connectivity index (χ1n) is 9.51. The fraction of sp³-hybridized carbons (Fsp3) is 0.409. The zero-order valence-corrected chi connectivity index (χ0v) is 14.7. The molecule has 4 rings (SSSR count). The van der Waals surface area contributed by atoms with E-state index in [-0.39, 0.29) is 11.9 Å². The van der Waals surface area contributed by atoms with Crippen molar-refractivity contribution < 1.29 is 4.79 Å². The Hall–Kier alpha value is -2.29. The number of benzene rings is 2. The zero-order chi connectivity index (χ0) is 17.1. The largest absolute Gasteiger partial charge is 0.371 e. The Kier molecular flexibility index (Phi) is 4.73. The van der Waals surface area contributed by atoms with Crippen LogP contribution in [0, 0.1) is 0 Å². The van der Waals surface area contributed by atoms with Gasteiger partial charge < -0.3 is 10.2 Å². The summed E-state index contributed by atoms with van der Waals surface area (Å²) in [6.07, 6.45) is 6.23. The molecule has 2 aliphatic rings. The van der Waals surface area contributed by atoms with Crippen molar-refractivity contribution in [2.45, 2.75) is 44.6 Å². The molecule has 0 spiro atoms. The van der Waals surface area contributed by atoms with E-state index in [1.54, 1.807) is 0 Å². The van der Waals surface area contributed by atoms with E-state index in [4.69, 9.17) is 0 Å². The molecular weight excluding hydrogens is 308 g/mol. The molecule has 2 aromatic carbocycles. The van der Waals surface area contributed by atoms with Crippen LogP contribution in [0.3, 0.4) is 0 Å². The fourth-order valence-corrected chi connectivity index (χ4v) is 4.25. The second-order valence-electron chi connectivity index (χ2n) is 7.18. The predicted molar refractivity (Wildman–Crippen MR) is 102 cm³/mol. The third-order valence-electron chi connectivity index (χ3n) is 5.52. The minimum Gasteiger partial charge on any atom is -0.371 e. The number of amides is 1. The molecule has 1 unspecified atom stereocenters. The summed E-state index contributed by atoms with van der Waals surface area (Å²) < 4.78 is 0. The van der Waals surface area contributed by atoms with Crippen molar-refractivity contribution in [3.8, 4) is 0 Å². The van der Waals surface area contributed by atoms with Gasteiger partial charge in [-0.1, -0.05) is 42.5 Å². The van der Waals surface area contributed by atoms with Crippen LogP contribution in [-0.2, 0) is 17.6 Å². The summed E-state index contributed by atoms with van der Waals surface area (Å²) in [6, 6.07) is 17.3. The monoisotopic (exact) mass is 334 g/mol. The highest BCUT2D eigenvalue weighted by molar-refractivity contribution is 5.77. The van der Waals surface area contributed by atoms with E-state index >= 15 is 0 Å². The van der Waals surface area contributed by atoms with Gasteiger partial charge in [-0.05, 0) is 54.9 Å². The SMILES string of the molecule is O=C(CCN1CCCc2ccccc21)NC1CCCc2ccccc21. The van der Waals surface area contributed by atoms with Crippen molar-refractivity contribution in [3.05, 3.63) is 65.2 Å². The minimum atomic E-state index is 0.171. The predicted octanol–water partition coefficient (Wildman–Crippen LogP) is 4.02. The molecule has 0 radical (unpaired) electrons. The molecule has 130 valence electrons. The molecular formula is C22H26N2O. The highest BCUT2D eigenvalue weighted by Crippen LogP contribution is 2.30. The first-order valence-corrected chi connectivity index (χ1v) is 9.51. The number of hydrogen-bond acceptors (Lipinski definition) is 2. The summed E-state index contributed by atoms with van der Waals surface area (Å²) in [5.41, 5.74) is 5.43. The van der Waals surface area contributed by atoms with E-state index in [2.05, 4.69) is 58.7 Å². The number of rotatable bonds is 4. The Morgan fingerprint density at radius 2 is 1.76 bits per heavy atom. The molecule has 1 N–H and O–H groups in total. The van der Waals surface area contributed by atoms with E-state index < -0.39 is 0 Å². The zero-order valence-electron chi connectivity index (χ0n) is 14.7. The molecule has 1 heterocycles. The van der Waals surface area contributed by atoms with Crippen LogP contribution in [0.2, 0.25) is 0 Å². The number of nitrogens with zero attached hydrogens (tertiary/aromatic N) is 1. The molecule has 25 heavy (non-hydrogen) atoms. The van der Waals surface area contributed by atoms with Crippen LogP contribution in [0.15, 0.2) is 48.5 Å². The lowest BCUT2D eigenvalue weighted by Crippen LogP contribution is -2.36. The van der Waals surface area contributed by atoms with Gasteiger partial charge >= 0.3 is 0 Å². The van der Waals surface area contributed by atoms with Gasteiger partial charge in [0, 0.05) is 25.2 Å². The van der Waals surface area contributed by atoms with Crippen LogP contribution in [0.4, 0.5) is 5.69 Å². The maximum Gasteiger partial charge on any atom is 0.222 e. The summed E-state index contributed by atoms with van der Waals surface area (Å²) in [5.74, 6) is 0.171. The molecule has 0 bridgehead atoms. The van der Waals surface area contributed by atoms with Crippen molar-refractivity contribution in [2.24, 2.45) is 0 Å². The fourth-order valence-electron chi connectivity index (χ4n) is 4.25. The highest BCUT2D eigenvalue weighted by atomic mass is 16.1. The van der Waals surface area contributed by atoms with Gasteiger partial charge in [-0.2, -0.15) is 0 Å². The number of fused-ring (bicyclic) bond motifs is 2. The van der Waals surface area contributed by atoms with Crippen LogP contribution in [0.25, 0.3) is 0 Å². The molecule has 3 heteroatoms. The van der Waals surface area contributed by atoms with Gasteiger partial charge in [-0.15, -0.1) is 0 Å². The first kappa shape index (κ1) is 16.2. The lowest BCUT2D eigenvalue weighted by molar-refractivity contribution is -0.121. The second-order valence-corrected chi connectivity index (χ2v) is 7.18. The topological polar surface area (TPSA) is 32.3 Å². The summed E-state index contributed by atoms with van der Waals surface area (Å²) >= 11 is 0. The molecule has 1 aliphatic carbocycles. The van der Waals surface area contributed by atoms with Crippen molar-refractivity contribution >= 4 is 11.6 Å². The van der Waals surface area contributed by atoms with Crippen LogP contribution >= 0.6 is 0 Å². The highest BCUT2D eigenvalue weighted by Gasteiger charge is 2.22. The molecule has 0 saturated heterocycles. The van der Waals surface area contributed by atoms with Gasteiger partial charge in [0.1, 0.15) is 0 Å². The van der Waals surface area contributed by atoms with Crippen LogP contribution in [0.1, 0.15) is 48.4 Å². The van der Waals surface area contributed by atoms with Crippen molar-refractivity contribution in [3.63, 3.8) is 0 Å². The van der Waals surface area contributed by atoms with E-state index in [0.717, 1.165) is 38.8 Å². The van der Waals surface area contributed by atoms with Gasteiger partial charge in [0.2, 0.25) is 5.91 Å². The molecule has 1 amide bonds. The van der Waals surface area contributed by atoms with E-state index in [9.17, 15) is 4.79 Å². The number of aryl methyl sites for hydroxylation is 2. The van der Waals surface area contributed by atoms with Crippen molar-refractivity contribution in [1.82, 2.24) is 5.32 Å². The number of para-hydroxylation sites is 1. The minimum absolute atomic E-state index is 0.171. The molecule has 0 aromatic heterocycles. The van der Waals surface area contributed by atoms with Crippen molar-refractivity contribution in [1.29, 1.82) is 0 Å². The van der Waals surface area contributed by atoms with Gasteiger partial charge in [-0.25, -0.2) is 0 Å². The normalized spacial score (nSPS) is 19.0. The lowest BCUT2D eigenvalue weighted by Gasteiger charge is -2.31. The quantitative estimate of drug-likeness (QED) is 0.916. The summed E-state index contributed by atoms with van der Waals surface area (Å²) in [6.45, 7) is 1.85. The Bertz CT molecular complexity index is 755. The molecule has 1 atom stereocenters. The van der Waals surface area contributed by atoms with Gasteiger partial charge in [-0.3, -0.25) is 4.79 Å². The third kappa shape index (κ3) is 3.55. The maximum absolute atomic E-state index is 12.5. The van der Waals surface area contributed by atoms with E-state index in [1.807, 2.05) is 0 Å². The lowest BCUT2D eigenvalue weighted by atomic mass is 9.87. The van der Waals surface area contributed by atoms with Crippen LogP contribution in [0.5, 0.6) is 0 Å². The Balaban J connectivity index is 1.37.